The van der Waals surface area contributed by atoms with Gasteiger partial charge in [0.25, 0.3) is 17.7 Å². The van der Waals surface area contributed by atoms with Gasteiger partial charge in [-0.15, -0.1) is 0 Å². The molecule has 0 fully saturated rings. The molecule has 0 aromatic heterocycles. The molecule has 18 heteroatoms. The zero-order chi connectivity index (χ0) is 76.1. The molecule has 1 unspecified atom stereocenters. The maximum absolute atomic E-state index is 13.2. The Labute approximate surface area is 625 Å². The second kappa shape index (κ2) is 32.6. The standard InChI is InChI=1S/C30H31NO4.2C29H29NO5.CH4O/c1-18-4-5-24(14-19(18)2)30(34)31-12-10-21-6-7-23(15-25(21)17-31)27(16-28(32)33)26-9-8-22-11-13-35-29(22)20(26)3;2*1-17-4-5-22(12-18(17)2)29(33)30-11-10-20-6-7-21(13-23(20)15-30)25(14-27(31)32)24-8-9-26-28(19(24)3)35-16-34-26;1-2/h4-9,14-15,27H,10-13,16-17H2,1-3H3,(H,32,33);2*4-9,12-13,25H,10-11,14-16H2,1-3H3,(H,31,32);2H,1H3/t;2*25-;/m.10./s1. The summed E-state index contributed by atoms with van der Waals surface area (Å²) < 4.78 is 28.1. The number of hydrogen-bond donors (Lipinski definition) is 4. The van der Waals surface area contributed by atoms with Gasteiger partial charge in [-0.1, -0.05) is 97.1 Å². The molecule has 554 valence electrons. The van der Waals surface area contributed by atoms with Crippen LogP contribution < -0.4 is 23.7 Å². The highest BCUT2D eigenvalue weighted by atomic mass is 16.7. The Morgan fingerprint density at radius 3 is 0.981 bits per heavy atom. The predicted octanol–water partition coefficient (Wildman–Crippen LogP) is 15.3. The number of aryl methyl sites for hydroxylation is 6. The molecule has 9 aromatic carbocycles. The average molecular weight is 1440 g/mol. The monoisotopic (exact) mass is 1440 g/mol. The number of carboxylic acids is 3. The van der Waals surface area contributed by atoms with Gasteiger partial charge in [0.05, 0.1) is 25.9 Å². The van der Waals surface area contributed by atoms with E-state index in [1.54, 1.807) is 0 Å². The first-order valence-electron chi connectivity index (χ1n) is 36.5. The smallest absolute Gasteiger partial charge is 0.304 e. The molecule has 0 saturated carbocycles. The van der Waals surface area contributed by atoms with Gasteiger partial charge in [0, 0.05) is 87.2 Å². The summed E-state index contributed by atoms with van der Waals surface area (Å²) in [4.78, 5) is 80.9. The summed E-state index contributed by atoms with van der Waals surface area (Å²) in [6, 6.07) is 47.9. The lowest BCUT2D eigenvalue weighted by Gasteiger charge is -2.30. The van der Waals surface area contributed by atoms with Crippen LogP contribution in [0.3, 0.4) is 0 Å². The number of carboxylic acid groups (broad SMARTS) is 3. The molecule has 3 amide bonds. The number of aliphatic hydroxyl groups is 1. The minimum atomic E-state index is -0.865. The van der Waals surface area contributed by atoms with Gasteiger partial charge < -0.3 is 58.8 Å². The van der Waals surface area contributed by atoms with Crippen LogP contribution in [0.5, 0.6) is 28.7 Å². The van der Waals surface area contributed by atoms with Crippen molar-refractivity contribution in [2.75, 3.05) is 46.9 Å². The number of fused-ring (bicyclic) bond motifs is 6. The summed E-state index contributed by atoms with van der Waals surface area (Å²) >= 11 is 0. The second-order valence-electron chi connectivity index (χ2n) is 28.8. The van der Waals surface area contributed by atoms with E-state index in [1.807, 2.05) is 168 Å². The normalized spacial score (nSPS) is 14.9. The van der Waals surface area contributed by atoms with E-state index in [4.69, 9.17) is 28.8 Å². The number of carbonyl (C=O) groups is 6. The van der Waals surface area contributed by atoms with Crippen LogP contribution in [0.25, 0.3) is 0 Å². The van der Waals surface area contributed by atoms with Gasteiger partial charge in [-0.05, 0) is 253 Å². The molecule has 9 aromatic rings. The van der Waals surface area contributed by atoms with Crippen LogP contribution in [0.4, 0.5) is 0 Å². The third kappa shape index (κ3) is 16.4. The van der Waals surface area contributed by atoms with E-state index >= 15 is 0 Å². The van der Waals surface area contributed by atoms with Crippen LogP contribution in [0.15, 0.2) is 146 Å². The van der Waals surface area contributed by atoms with Gasteiger partial charge in [0.15, 0.2) is 23.0 Å². The third-order valence-electron chi connectivity index (χ3n) is 22.1. The number of hydrogen-bond acceptors (Lipinski definition) is 12. The minimum absolute atomic E-state index is 0.00367. The molecule has 4 N–H and O–H groups in total. The maximum Gasteiger partial charge on any atom is 0.304 e. The molecule has 6 aliphatic heterocycles. The third-order valence-corrected chi connectivity index (χ3v) is 22.1. The molecule has 15 rings (SSSR count). The van der Waals surface area contributed by atoms with Crippen LogP contribution in [0.2, 0.25) is 0 Å². The molecule has 0 aliphatic carbocycles. The molecule has 0 bridgehead atoms. The van der Waals surface area contributed by atoms with Gasteiger partial charge in [0.2, 0.25) is 13.6 Å². The fourth-order valence-corrected chi connectivity index (χ4v) is 15.6. The molecule has 0 spiro atoms. The fourth-order valence-electron chi connectivity index (χ4n) is 15.6. The first kappa shape index (κ1) is 75.4. The lowest BCUT2D eigenvalue weighted by atomic mass is 9.83. The van der Waals surface area contributed by atoms with Crippen LogP contribution >= 0.6 is 0 Å². The van der Waals surface area contributed by atoms with Gasteiger partial charge in [-0.2, -0.15) is 0 Å². The highest BCUT2D eigenvalue weighted by Gasteiger charge is 2.33. The van der Waals surface area contributed by atoms with Crippen LogP contribution in [0.1, 0.15) is 190 Å². The Balaban J connectivity index is 0.000000148. The lowest BCUT2D eigenvalue weighted by molar-refractivity contribution is -0.138. The Bertz CT molecular complexity index is 4470. The van der Waals surface area contributed by atoms with E-state index in [1.165, 1.54) is 38.9 Å². The number of ether oxygens (including phenoxy) is 5. The zero-order valence-electron chi connectivity index (χ0n) is 62.5. The lowest BCUT2D eigenvalue weighted by Crippen LogP contribution is -2.36. The minimum Gasteiger partial charge on any atom is -0.493 e. The highest BCUT2D eigenvalue weighted by Crippen LogP contribution is 2.45. The fraction of sp³-hybridized carbons (Fsp3) is 0.326. The zero-order valence-corrected chi connectivity index (χ0v) is 62.5. The van der Waals surface area contributed by atoms with Crippen molar-refractivity contribution in [3.8, 4) is 28.7 Å². The largest absolute Gasteiger partial charge is 0.493 e. The summed E-state index contributed by atoms with van der Waals surface area (Å²) in [6.45, 7) is 22.7. The second-order valence-corrected chi connectivity index (χ2v) is 28.8. The van der Waals surface area contributed by atoms with E-state index in [2.05, 4.69) is 54.6 Å². The first-order valence-corrected chi connectivity index (χ1v) is 36.5. The number of aliphatic carboxylic acids is 3. The summed E-state index contributed by atoms with van der Waals surface area (Å²) in [5.41, 5.74) is 25.4. The summed E-state index contributed by atoms with van der Waals surface area (Å²) in [7, 11) is 1.00. The molecule has 3 atom stereocenters. The summed E-state index contributed by atoms with van der Waals surface area (Å²) in [5, 5.41) is 36.1. The quantitative estimate of drug-likeness (QED) is 0.0746. The topological polar surface area (TPSA) is 239 Å². The number of amides is 3. The molecule has 0 saturated heterocycles. The van der Waals surface area contributed by atoms with E-state index < -0.39 is 17.9 Å². The van der Waals surface area contributed by atoms with Crippen LogP contribution in [-0.2, 0) is 59.7 Å². The SMILES string of the molecule is CO.Cc1ccc(C(=O)N2CCc3ccc(C(CC(=O)O)c4ccc5c(c4C)OCC5)cc3C2)cc1C.Cc1ccc(C(=O)N2CCc3ccc([C@@H](CC(=O)O)c4ccc5c(c4C)OCO5)cc3C2)cc1C.Cc1ccc(C(=O)N2CCc3ccc([C@H](CC(=O)O)c4ccc5c(c4C)OCO5)cc3C2)cc1C. The van der Waals surface area contributed by atoms with Crippen LogP contribution in [-0.4, -0.2) is 118 Å². The summed E-state index contributed by atoms with van der Waals surface area (Å²) in [5.74, 6) is 0.219. The first-order chi connectivity index (χ1) is 51.4. The van der Waals surface area contributed by atoms with Crippen molar-refractivity contribution in [1.82, 2.24) is 14.7 Å². The van der Waals surface area contributed by atoms with Gasteiger partial charge >= 0.3 is 17.9 Å². The van der Waals surface area contributed by atoms with Crippen molar-refractivity contribution in [3.63, 3.8) is 0 Å². The number of benzene rings is 9. The van der Waals surface area contributed by atoms with Crippen molar-refractivity contribution in [2.45, 2.75) is 145 Å². The van der Waals surface area contributed by atoms with Crippen molar-refractivity contribution < 1.29 is 72.9 Å². The van der Waals surface area contributed by atoms with Gasteiger partial charge in [-0.3, -0.25) is 28.8 Å². The van der Waals surface area contributed by atoms with Crippen molar-refractivity contribution >= 4 is 35.6 Å². The number of aliphatic hydroxyl groups excluding tert-OH is 1. The van der Waals surface area contributed by atoms with Crippen molar-refractivity contribution in [1.29, 1.82) is 0 Å². The molecule has 107 heavy (non-hydrogen) atoms. The van der Waals surface area contributed by atoms with E-state index in [0.29, 0.717) is 85.6 Å². The molecular formula is C89H93N3O15. The average Bonchev–Trinajstić information content (AvgIpc) is 1.75. The maximum atomic E-state index is 13.2. The van der Waals surface area contributed by atoms with Gasteiger partial charge in [0.1, 0.15) is 5.75 Å². The van der Waals surface area contributed by atoms with Crippen molar-refractivity contribution in [3.05, 3.63) is 285 Å². The van der Waals surface area contributed by atoms with E-state index in [0.717, 1.165) is 122 Å². The molecular weight excluding hydrogens is 1350 g/mol. The van der Waals surface area contributed by atoms with Crippen LogP contribution in [0, 0.1) is 62.3 Å². The molecule has 0 radical (unpaired) electrons. The number of nitrogens with zero attached hydrogens (tertiary/aromatic N) is 3. The van der Waals surface area contributed by atoms with E-state index in [9.17, 15) is 44.1 Å². The molecule has 6 aliphatic rings. The predicted molar refractivity (Wildman–Crippen MR) is 408 cm³/mol. The van der Waals surface area contributed by atoms with E-state index in [-0.39, 0.29) is 68.3 Å². The Hall–Kier alpha value is -11.2. The molecule has 6 heterocycles. The van der Waals surface area contributed by atoms with Gasteiger partial charge in [-0.25, -0.2) is 0 Å². The summed E-state index contributed by atoms with van der Waals surface area (Å²) in [6.07, 6.45) is 3.17. The number of carbonyl (C=O) groups excluding carboxylic acids is 3. The Morgan fingerprint density at radius 2 is 0.654 bits per heavy atom. The Kier molecular flexibility index (Phi) is 23.0. The molecule has 18 nitrogen and oxygen atoms in total. The Morgan fingerprint density at radius 1 is 0.336 bits per heavy atom. The number of rotatable bonds is 15. The highest BCUT2D eigenvalue weighted by molar-refractivity contribution is 5.96. The van der Waals surface area contributed by atoms with Crippen molar-refractivity contribution in [2.24, 2.45) is 0 Å².